The lowest BCUT2D eigenvalue weighted by atomic mass is 10.2. The van der Waals surface area contributed by atoms with E-state index in [2.05, 4.69) is 19.9 Å². The van der Waals surface area contributed by atoms with Crippen LogP contribution in [0.25, 0.3) is 11.3 Å². The largest absolute Gasteiger partial charge is 0.351 e. The van der Waals surface area contributed by atoms with E-state index in [1.54, 1.807) is 11.1 Å². The summed E-state index contributed by atoms with van der Waals surface area (Å²) < 4.78 is 0. The van der Waals surface area contributed by atoms with E-state index in [1.165, 1.54) is 6.20 Å². The van der Waals surface area contributed by atoms with Gasteiger partial charge in [0.25, 0.3) is 5.91 Å². The number of likely N-dealkylation sites (tertiary alicyclic amines) is 1. The number of anilines is 1. The Balaban J connectivity index is 1.41. The quantitative estimate of drug-likeness (QED) is 0.701. The van der Waals surface area contributed by atoms with E-state index in [0.717, 1.165) is 23.5 Å². The van der Waals surface area contributed by atoms with Crippen LogP contribution in [0.15, 0.2) is 48.9 Å². The van der Waals surface area contributed by atoms with Gasteiger partial charge in [-0.25, -0.2) is 15.0 Å². The Kier molecular flexibility index (Phi) is 5.03. The molecule has 144 valence electrons. The highest BCUT2D eigenvalue weighted by Gasteiger charge is 2.25. The molecule has 1 aliphatic rings. The van der Waals surface area contributed by atoms with Crippen molar-refractivity contribution < 1.29 is 4.79 Å². The topological polar surface area (TPSA) is 104 Å². The van der Waals surface area contributed by atoms with Gasteiger partial charge in [0.05, 0.1) is 30.8 Å². The number of H-pyrrole nitrogens is 1. The van der Waals surface area contributed by atoms with Crippen LogP contribution in [0.5, 0.6) is 0 Å². The molecule has 0 bridgehead atoms. The molecular weight excluding hydrogens is 354 g/mol. The Labute approximate surface area is 163 Å². The summed E-state index contributed by atoms with van der Waals surface area (Å²) in [7, 11) is 1.91. The minimum absolute atomic E-state index is 0.0522. The first-order valence-electron chi connectivity index (χ1n) is 9.27. The van der Waals surface area contributed by atoms with E-state index in [-0.39, 0.29) is 11.9 Å². The van der Waals surface area contributed by atoms with E-state index in [4.69, 9.17) is 5.73 Å². The highest BCUT2D eigenvalue weighted by atomic mass is 16.2. The normalized spacial score (nSPS) is 16.4. The molecule has 0 spiro atoms. The lowest BCUT2D eigenvalue weighted by Gasteiger charge is -2.18. The molecule has 1 fully saturated rings. The number of hydrogen-bond acceptors (Lipinski definition) is 6. The number of carbonyl (C=O) groups excluding carboxylic acids is 1. The monoisotopic (exact) mass is 377 g/mol. The van der Waals surface area contributed by atoms with E-state index in [9.17, 15) is 4.79 Å². The zero-order chi connectivity index (χ0) is 19.5. The summed E-state index contributed by atoms with van der Waals surface area (Å²) in [4.78, 5) is 32.6. The smallest absolute Gasteiger partial charge is 0.274 e. The van der Waals surface area contributed by atoms with Crippen molar-refractivity contribution in [2.75, 3.05) is 25.0 Å². The number of nitrogens with zero attached hydrogens (tertiary/aromatic N) is 5. The lowest BCUT2D eigenvalue weighted by molar-refractivity contribution is 0.0784. The summed E-state index contributed by atoms with van der Waals surface area (Å²) in [5.74, 6) is 1.38. The second-order valence-corrected chi connectivity index (χ2v) is 7.03. The lowest BCUT2D eigenvalue weighted by Crippen LogP contribution is -2.32. The summed E-state index contributed by atoms with van der Waals surface area (Å²) in [6.45, 7) is 1.80. The Bertz CT molecular complexity index is 939. The first kappa shape index (κ1) is 18.1. The summed E-state index contributed by atoms with van der Waals surface area (Å²) >= 11 is 0. The molecule has 2 aromatic heterocycles. The number of rotatable bonds is 5. The van der Waals surface area contributed by atoms with Gasteiger partial charge < -0.3 is 20.5 Å². The van der Waals surface area contributed by atoms with Gasteiger partial charge in [-0.1, -0.05) is 30.3 Å². The molecule has 8 nitrogen and oxygen atoms in total. The molecule has 3 N–H and O–H groups in total. The molecule has 1 amide bonds. The van der Waals surface area contributed by atoms with Gasteiger partial charge in [0, 0.05) is 26.2 Å². The summed E-state index contributed by atoms with van der Waals surface area (Å²) in [5.41, 5.74) is 8.28. The van der Waals surface area contributed by atoms with Crippen LogP contribution in [0.4, 0.5) is 5.82 Å². The standard InChI is InChI=1S/C20H23N7O/c1-26(13-18-23-9-16(25-18)14-5-3-2-4-6-14)19-11-22-17(10-24-19)20(28)27-8-7-15(21)12-27/h2-6,9-11,15H,7-8,12-13,21H2,1H3,(H,23,25). The second-order valence-electron chi connectivity index (χ2n) is 7.03. The highest BCUT2D eigenvalue weighted by Crippen LogP contribution is 2.18. The molecule has 1 saturated heterocycles. The Hall–Kier alpha value is -3.26. The van der Waals surface area contributed by atoms with E-state index >= 15 is 0 Å². The average molecular weight is 377 g/mol. The van der Waals surface area contributed by atoms with E-state index in [0.29, 0.717) is 31.1 Å². The molecule has 0 aliphatic carbocycles. The number of imidazole rings is 1. The number of nitrogens with one attached hydrogen (secondary N) is 1. The molecule has 0 saturated carbocycles. The van der Waals surface area contributed by atoms with Crippen LogP contribution in [0.1, 0.15) is 22.7 Å². The van der Waals surface area contributed by atoms with Crippen LogP contribution in [0.3, 0.4) is 0 Å². The molecule has 3 heterocycles. The van der Waals surface area contributed by atoms with Gasteiger partial charge in [0.1, 0.15) is 17.3 Å². The van der Waals surface area contributed by atoms with Gasteiger partial charge in [0.15, 0.2) is 0 Å². The van der Waals surface area contributed by atoms with Crippen LogP contribution in [-0.2, 0) is 6.54 Å². The van der Waals surface area contributed by atoms with Crippen LogP contribution < -0.4 is 10.6 Å². The number of hydrogen-bond donors (Lipinski definition) is 2. The van der Waals surface area contributed by atoms with Crippen molar-refractivity contribution in [1.29, 1.82) is 0 Å². The van der Waals surface area contributed by atoms with Crippen molar-refractivity contribution in [2.45, 2.75) is 19.0 Å². The first-order valence-corrected chi connectivity index (χ1v) is 9.27. The number of benzene rings is 1. The Morgan fingerprint density at radius 3 is 2.71 bits per heavy atom. The van der Waals surface area contributed by atoms with Gasteiger partial charge in [0.2, 0.25) is 0 Å². The zero-order valence-electron chi connectivity index (χ0n) is 15.7. The minimum Gasteiger partial charge on any atom is -0.351 e. The summed E-state index contributed by atoms with van der Waals surface area (Å²) in [6, 6.07) is 10.1. The molecule has 1 unspecified atom stereocenters. The number of aromatic amines is 1. The summed E-state index contributed by atoms with van der Waals surface area (Å²) in [6.07, 6.45) is 5.79. The van der Waals surface area contributed by atoms with E-state index in [1.807, 2.05) is 48.5 Å². The van der Waals surface area contributed by atoms with Gasteiger partial charge >= 0.3 is 0 Å². The fourth-order valence-electron chi connectivity index (χ4n) is 3.28. The van der Waals surface area contributed by atoms with Gasteiger partial charge in [-0.2, -0.15) is 0 Å². The molecule has 8 heteroatoms. The fourth-order valence-corrected chi connectivity index (χ4v) is 3.28. The van der Waals surface area contributed by atoms with Crippen molar-refractivity contribution in [2.24, 2.45) is 5.73 Å². The Morgan fingerprint density at radius 2 is 2.04 bits per heavy atom. The van der Waals surface area contributed by atoms with Crippen molar-refractivity contribution in [1.82, 2.24) is 24.8 Å². The number of amides is 1. The van der Waals surface area contributed by atoms with Gasteiger partial charge in [-0.3, -0.25) is 4.79 Å². The molecule has 3 aromatic rings. The number of carbonyl (C=O) groups is 1. The maximum atomic E-state index is 12.4. The summed E-state index contributed by atoms with van der Waals surface area (Å²) in [5, 5.41) is 0. The maximum Gasteiger partial charge on any atom is 0.274 e. The van der Waals surface area contributed by atoms with Gasteiger partial charge in [-0.15, -0.1) is 0 Å². The molecular formula is C20H23N7O. The third kappa shape index (κ3) is 3.86. The Morgan fingerprint density at radius 1 is 1.21 bits per heavy atom. The molecule has 4 rings (SSSR count). The van der Waals surface area contributed by atoms with Crippen molar-refractivity contribution in [3.63, 3.8) is 0 Å². The van der Waals surface area contributed by atoms with Crippen LogP contribution in [-0.4, -0.2) is 56.9 Å². The van der Waals surface area contributed by atoms with E-state index < -0.39 is 0 Å². The predicted octanol–water partition coefficient (Wildman–Crippen LogP) is 1.68. The van der Waals surface area contributed by atoms with Crippen LogP contribution >= 0.6 is 0 Å². The first-order chi connectivity index (χ1) is 13.6. The highest BCUT2D eigenvalue weighted by molar-refractivity contribution is 5.92. The fraction of sp³-hybridized carbons (Fsp3) is 0.300. The second kappa shape index (κ2) is 7.77. The molecule has 1 atom stereocenters. The predicted molar refractivity (Wildman–Crippen MR) is 107 cm³/mol. The number of aromatic nitrogens is 4. The van der Waals surface area contributed by atoms with Crippen molar-refractivity contribution >= 4 is 11.7 Å². The van der Waals surface area contributed by atoms with Gasteiger partial charge in [-0.05, 0) is 12.0 Å². The third-order valence-corrected chi connectivity index (χ3v) is 4.86. The zero-order valence-corrected chi connectivity index (χ0v) is 15.7. The SMILES string of the molecule is CN(Cc1ncc(-c2ccccc2)[nH]1)c1cnc(C(=O)N2CCC(N)C2)cn1. The van der Waals surface area contributed by atoms with Crippen molar-refractivity contribution in [3.05, 3.63) is 60.4 Å². The molecule has 0 radical (unpaired) electrons. The number of nitrogens with two attached hydrogens (primary N) is 1. The third-order valence-electron chi connectivity index (χ3n) is 4.86. The maximum absolute atomic E-state index is 12.4. The molecule has 28 heavy (non-hydrogen) atoms. The van der Waals surface area contributed by atoms with Crippen molar-refractivity contribution in [3.8, 4) is 11.3 Å². The molecule has 1 aromatic carbocycles. The minimum atomic E-state index is -0.117. The van der Waals surface area contributed by atoms with Crippen LogP contribution in [0, 0.1) is 0 Å². The van der Waals surface area contributed by atoms with Crippen LogP contribution in [0.2, 0.25) is 0 Å². The molecule has 1 aliphatic heterocycles. The average Bonchev–Trinajstić information content (AvgIpc) is 3.37.